The minimum absolute atomic E-state index is 0.00626. The number of hydrogen-bond donors (Lipinski definition) is 3. The zero-order valence-corrected chi connectivity index (χ0v) is 17.7. The molecule has 0 radical (unpaired) electrons. The summed E-state index contributed by atoms with van der Waals surface area (Å²) in [6.07, 6.45) is 0.512. The van der Waals surface area contributed by atoms with Crippen molar-refractivity contribution in [3.8, 4) is 5.75 Å². The highest BCUT2D eigenvalue weighted by atomic mass is 19.4. The maximum Gasteiger partial charge on any atom is 0.416 e. The van der Waals surface area contributed by atoms with Crippen LogP contribution in [-0.2, 0) is 11.0 Å². The van der Waals surface area contributed by atoms with Gasteiger partial charge in [-0.15, -0.1) is 0 Å². The number of carbonyl (C=O) groups excluding carboxylic acids is 1. The van der Waals surface area contributed by atoms with Gasteiger partial charge in [-0.1, -0.05) is 12.1 Å². The summed E-state index contributed by atoms with van der Waals surface area (Å²) in [6, 6.07) is 11.0. The van der Waals surface area contributed by atoms with Crippen LogP contribution in [0.5, 0.6) is 5.75 Å². The predicted octanol–water partition coefficient (Wildman–Crippen LogP) is 5.37. The number of hydrogen-bond acceptors (Lipinski definition) is 3. The number of halogens is 3. The molecule has 1 heterocycles. The molecule has 0 atom stereocenters. The van der Waals surface area contributed by atoms with Gasteiger partial charge < -0.3 is 20.1 Å². The number of H-pyrrole nitrogens is 1. The number of fused-ring (bicyclic) bond motifs is 1. The van der Waals surface area contributed by atoms with E-state index in [2.05, 4.69) is 10.3 Å². The molecule has 4 saturated carbocycles. The molecular formula is C25H23F3N2O3. The van der Waals surface area contributed by atoms with Gasteiger partial charge in [-0.05, 0) is 73.9 Å². The SMILES string of the molecule is O=C(Nc1c[nH]c2ccc(OC3CC(c4ccc(C(F)(F)F)cc4)C3)cc12)C12CC(O)(C1)C2. The van der Waals surface area contributed by atoms with Crippen LogP contribution in [0.25, 0.3) is 10.9 Å². The summed E-state index contributed by atoms with van der Waals surface area (Å²) in [7, 11) is 0. The Labute approximate surface area is 187 Å². The lowest BCUT2D eigenvalue weighted by Gasteiger charge is -2.66. The van der Waals surface area contributed by atoms with Crippen LogP contribution in [0.2, 0.25) is 0 Å². The normalized spacial score (nSPS) is 30.2. The number of anilines is 1. The molecule has 0 unspecified atom stereocenters. The molecule has 33 heavy (non-hydrogen) atoms. The molecule has 172 valence electrons. The third-order valence-electron chi connectivity index (χ3n) is 7.49. The van der Waals surface area contributed by atoms with Crippen LogP contribution in [-0.4, -0.2) is 27.7 Å². The highest BCUT2D eigenvalue weighted by molar-refractivity contribution is 6.05. The van der Waals surface area contributed by atoms with E-state index in [0.29, 0.717) is 30.7 Å². The lowest BCUT2D eigenvalue weighted by molar-refractivity contribution is -0.247. The monoisotopic (exact) mass is 456 g/mol. The third-order valence-corrected chi connectivity index (χ3v) is 7.49. The highest BCUT2D eigenvalue weighted by Crippen LogP contribution is 2.67. The lowest BCUT2D eigenvalue weighted by Crippen LogP contribution is -2.71. The van der Waals surface area contributed by atoms with Crippen molar-refractivity contribution < 1.29 is 27.8 Å². The standard InChI is InChI=1S/C25H23F3N2O3/c26-25(27,28)16-3-1-14(2-4-16)15-7-18(8-15)33-17-5-6-20-19(9-17)21(10-29-20)30-22(31)23-11-24(32,12-23)13-23/h1-6,9-10,15,18,29,32H,7-8,11-13H2,(H,30,31). The first-order valence-corrected chi connectivity index (χ1v) is 11.1. The molecule has 4 fully saturated rings. The Bertz CT molecular complexity index is 1220. The topological polar surface area (TPSA) is 74.4 Å². The van der Waals surface area contributed by atoms with Crippen molar-refractivity contribution in [2.75, 3.05) is 5.32 Å². The number of nitrogens with one attached hydrogen (secondary N) is 2. The Kier molecular flexibility index (Phi) is 4.22. The van der Waals surface area contributed by atoms with E-state index < -0.39 is 22.8 Å². The van der Waals surface area contributed by atoms with Crippen molar-refractivity contribution in [2.45, 2.75) is 55.9 Å². The minimum atomic E-state index is -4.32. The van der Waals surface area contributed by atoms with Gasteiger partial charge in [0.25, 0.3) is 0 Å². The first-order chi connectivity index (χ1) is 15.6. The molecule has 2 aromatic carbocycles. The second-order valence-electron chi connectivity index (χ2n) is 9.93. The fourth-order valence-electron chi connectivity index (χ4n) is 5.58. The molecule has 3 N–H and O–H groups in total. The smallest absolute Gasteiger partial charge is 0.416 e. The molecular weight excluding hydrogens is 433 g/mol. The van der Waals surface area contributed by atoms with Gasteiger partial charge in [0.15, 0.2) is 0 Å². The van der Waals surface area contributed by atoms with Gasteiger partial charge in [-0.2, -0.15) is 13.2 Å². The molecule has 2 bridgehead atoms. The Morgan fingerprint density at radius 2 is 1.79 bits per heavy atom. The Morgan fingerprint density at radius 1 is 1.09 bits per heavy atom. The molecule has 0 spiro atoms. The van der Waals surface area contributed by atoms with Gasteiger partial charge in [0, 0.05) is 17.1 Å². The van der Waals surface area contributed by atoms with Gasteiger partial charge in [0.1, 0.15) is 5.75 Å². The average molecular weight is 456 g/mol. The molecule has 7 rings (SSSR count). The summed E-state index contributed by atoms with van der Waals surface area (Å²) < 4.78 is 44.3. The van der Waals surface area contributed by atoms with Crippen molar-refractivity contribution in [2.24, 2.45) is 5.41 Å². The second kappa shape index (κ2) is 6.76. The van der Waals surface area contributed by atoms with E-state index in [1.807, 2.05) is 18.2 Å². The number of amides is 1. The second-order valence-corrected chi connectivity index (χ2v) is 9.93. The predicted molar refractivity (Wildman–Crippen MR) is 116 cm³/mol. The maximum atomic E-state index is 12.7. The number of alkyl halides is 3. The Balaban J connectivity index is 1.09. The summed E-state index contributed by atoms with van der Waals surface area (Å²) in [5, 5.41) is 13.8. The van der Waals surface area contributed by atoms with Crippen LogP contribution >= 0.6 is 0 Å². The summed E-state index contributed by atoms with van der Waals surface area (Å²) in [4.78, 5) is 15.8. The molecule has 0 aliphatic heterocycles. The number of aromatic nitrogens is 1. The molecule has 1 aromatic heterocycles. The third kappa shape index (κ3) is 3.39. The molecule has 4 aliphatic carbocycles. The molecule has 4 aliphatic rings. The zero-order chi connectivity index (χ0) is 23.0. The van der Waals surface area contributed by atoms with E-state index in [1.165, 1.54) is 0 Å². The van der Waals surface area contributed by atoms with E-state index in [0.717, 1.165) is 41.4 Å². The van der Waals surface area contributed by atoms with Crippen molar-refractivity contribution >= 4 is 22.5 Å². The first-order valence-electron chi connectivity index (χ1n) is 11.1. The van der Waals surface area contributed by atoms with Crippen LogP contribution < -0.4 is 10.1 Å². The number of benzene rings is 2. The Morgan fingerprint density at radius 3 is 2.42 bits per heavy atom. The fourth-order valence-corrected chi connectivity index (χ4v) is 5.58. The van der Waals surface area contributed by atoms with Gasteiger partial charge in [-0.25, -0.2) is 0 Å². The quantitative estimate of drug-likeness (QED) is 0.484. The fraction of sp³-hybridized carbons (Fsp3) is 0.400. The van der Waals surface area contributed by atoms with Crippen LogP contribution in [0.1, 0.15) is 49.1 Å². The van der Waals surface area contributed by atoms with Gasteiger partial charge >= 0.3 is 6.18 Å². The number of aliphatic hydroxyl groups is 1. The van der Waals surface area contributed by atoms with Crippen molar-refractivity contribution in [3.63, 3.8) is 0 Å². The highest BCUT2D eigenvalue weighted by Gasteiger charge is 2.71. The molecule has 3 aromatic rings. The largest absolute Gasteiger partial charge is 0.490 e. The van der Waals surface area contributed by atoms with E-state index >= 15 is 0 Å². The van der Waals surface area contributed by atoms with Crippen molar-refractivity contribution in [1.82, 2.24) is 4.98 Å². The summed E-state index contributed by atoms with van der Waals surface area (Å²) in [5.41, 5.74) is 0.780. The maximum absolute atomic E-state index is 12.7. The van der Waals surface area contributed by atoms with Gasteiger partial charge in [0.2, 0.25) is 5.91 Å². The lowest BCUT2D eigenvalue weighted by atomic mass is 9.41. The number of aromatic amines is 1. The summed E-state index contributed by atoms with van der Waals surface area (Å²) >= 11 is 0. The van der Waals surface area contributed by atoms with E-state index in [9.17, 15) is 23.1 Å². The van der Waals surface area contributed by atoms with E-state index in [4.69, 9.17) is 4.74 Å². The average Bonchev–Trinajstić information content (AvgIpc) is 3.08. The van der Waals surface area contributed by atoms with E-state index in [1.54, 1.807) is 18.3 Å². The number of carbonyl (C=O) groups is 1. The van der Waals surface area contributed by atoms with Crippen molar-refractivity contribution in [3.05, 3.63) is 59.8 Å². The molecule has 0 saturated heterocycles. The molecule has 5 nitrogen and oxygen atoms in total. The minimum Gasteiger partial charge on any atom is -0.490 e. The number of rotatable bonds is 5. The summed E-state index contributed by atoms with van der Waals surface area (Å²) in [5.74, 6) is 0.822. The van der Waals surface area contributed by atoms with Crippen LogP contribution in [0.4, 0.5) is 18.9 Å². The van der Waals surface area contributed by atoms with Crippen LogP contribution in [0.3, 0.4) is 0 Å². The first kappa shape index (κ1) is 20.6. The van der Waals surface area contributed by atoms with Crippen LogP contribution in [0, 0.1) is 5.41 Å². The molecule has 8 heteroatoms. The van der Waals surface area contributed by atoms with Crippen LogP contribution in [0.15, 0.2) is 48.7 Å². The van der Waals surface area contributed by atoms with Crippen molar-refractivity contribution in [1.29, 1.82) is 0 Å². The molecule has 1 amide bonds. The van der Waals surface area contributed by atoms with Gasteiger partial charge in [0.05, 0.1) is 28.4 Å². The summed E-state index contributed by atoms with van der Waals surface area (Å²) in [6.45, 7) is 0. The number of ether oxygens (including phenoxy) is 1. The zero-order valence-electron chi connectivity index (χ0n) is 17.7. The van der Waals surface area contributed by atoms with Gasteiger partial charge in [-0.3, -0.25) is 4.79 Å². The van der Waals surface area contributed by atoms with E-state index in [-0.39, 0.29) is 17.9 Å². The Hall–Kier alpha value is -3.00.